The smallest absolute Gasteiger partial charge is 0.228 e. The van der Waals surface area contributed by atoms with E-state index in [2.05, 4.69) is 31.7 Å². The Bertz CT molecular complexity index is 1540. The maximum absolute atomic E-state index is 12.5. The number of fused-ring (bicyclic) bond motifs is 1. The molecule has 1 N–H and O–H groups in total. The molecule has 0 atom stereocenters. The molecule has 0 saturated heterocycles. The lowest BCUT2D eigenvalue weighted by molar-refractivity contribution is -0.115. The molecule has 0 aromatic carbocycles. The number of nitrogens with zero attached hydrogens (tertiary/aromatic N) is 8. The van der Waals surface area contributed by atoms with Crippen molar-refractivity contribution in [1.29, 1.82) is 5.26 Å². The number of rotatable bonds is 6. The van der Waals surface area contributed by atoms with Gasteiger partial charge in [-0.2, -0.15) is 20.6 Å². The van der Waals surface area contributed by atoms with E-state index in [1.165, 1.54) is 13.3 Å². The molecule has 11 heteroatoms. The van der Waals surface area contributed by atoms with Gasteiger partial charge in [-0.1, -0.05) is 6.07 Å². The molecule has 1 amide bonds. The first-order chi connectivity index (χ1) is 16.5. The van der Waals surface area contributed by atoms with E-state index in [-0.39, 0.29) is 12.3 Å². The Balaban J connectivity index is 1.45. The summed E-state index contributed by atoms with van der Waals surface area (Å²) in [6.45, 7) is 0. The van der Waals surface area contributed by atoms with E-state index in [9.17, 15) is 10.1 Å². The van der Waals surface area contributed by atoms with Gasteiger partial charge in [-0.3, -0.25) is 9.48 Å². The van der Waals surface area contributed by atoms with Crippen LogP contribution < -0.4 is 10.1 Å². The minimum Gasteiger partial charge on any atom is -0.481 e. The first-order valence-electron chi connectivity index (χ1n) is 10.3. The van der Waals surface area contributed by atoms with Crippen LogP contribution in [-0.2, 0) is 18.3 Å². The van der Waals surface area contributed by atoms with Crippen LogP contribution in [0.15, 0.2) is 61.6 Å². The van der Waals surface area contributed by atoms with Gasteiger partial charge in [0, 0.05) is 42.8 Å². The summed E-state index contributed by atoms with van der Waals surface area (Å²) in [6, 6.07) is 7.58. The summed E-state index contributed by atoms with van der Waals surface area (Å²) >= 11 is 0. The van der Waals surface area contributed by atoms with E-state index in [0.717, 1.165) is 16.7 Å². The topological polar surface area (TPSA) is 128 Å². The predicted molar refractivity (Wildman–Crippen MR) is 122 cm³/mol. The van der Waals surface area contributed by atoms with E-state index in [1.807, 2.05) is 25.5 Å². The fourth-order valence-electron chi connectivity index (χ4n) is 3.63. The molecule has 0 spiro atoms. The largest absolute Gasteiger partial charge is 0.481 e. The molecule has 5 aromatic rings. The zero-order valence-corrected chi connectivity index (χ0v) is 18.4. The fourth-order valence-corrected chi connectivity index (χ4v) is 3.63. The molecule has 0 saturated carbocycles. The van der Waals surface area contributed by atoms with Gasteiger partial charge in [0.25, 0.3) is 0 Å². The minimum absolute atomic E-state index is 0.157. The van der Waals surface area contributed by atoms with Crippen molar-refractivity contribution in [2.24, 2.45) is 7.05 Å². The number of aryl methyl sites for hydroxylation is 1. The number of hydrogen-bond donors (Lipinski definition) is 1. The van der Waals surface area contributed by atoms with Crippen LogP contribution in [0.4, 0.5) is 5.69 Å². The molecular formula is C23H19N9O2. The standard InChI is InChI=1S/C23H19N9O2/c1-30-12-18(10-26-30)16-6-20(23-17(7-24)9-27-32(23)13-16)31-14-19(11-28-31)29-21(33)5-15-3-4-22(34-2)25-8-15/h3-4,6,8-14H,5H2,1-2H3,(H,29,33). The van der Waals surface area contributed by atoms with Crippen LogP contribution in [0.5, 0.6) is 5.88 Å². The summed E-state index contributed by atoms with van der Waals surface area (Å²) in [5, 5.41) is 25.4. The normalized spacial score (nSPS) is 10.9. The van der Waals surface area contributed by atoms with E-state index in [4.69, 9.17) is 4.74 Å². The number of amides is 1. The third-order valence-corrected chi connectivity index (χ3v) is 5.23. The summed E-state index contributed by atoms with van der Waals surface area (Å²) in [7, 11) is 3.38. The van der Waals surface area contributed by atoms with Gasteiger partial charge in [0.1, 0.15) is 11.6 Å². The number of aromatic nitrogens is 7. The SMILES string of the molecule is COc1ccc(CC(=O)Nc2cnn(-c3cc(-c4cnn(C)c4)cn4ncc(C#N)c34)c2)cn1. The Hall–Kier alpha value is -4.98. The van der Waals surface area contributed by atoms with Crippen molar-refractivity contribution >= 4 is 17.1 Å². The second kappa shape index (κ2) is 8.51. The van der Waals surface area contributed by atoms with Crippen LogP contribution >= 0.6 is 0 Å². The molecule has 0 aliphatic carbocycles. The van der Waals surface area contributed by atoms with Crippen molar-refractivity contribution in [3.05, 3.63) is 72.7 Å². The fraction of sp³-hybridized carbons (Fsp3) is 0.130. The zero-order chi connectivity index (χ0) is 23.7. The monoisotopic (exact) mass is 453 g/mol. The van der Waals surface area contributed by atoms with Crippen molar-refractivity contribution in [2.75, 3.05) is 12.4 Å². The van der Waals surface area contributed by atoms with Crippen LogP contribution in [0.3, 0.4) is 0 Å². The van der Waals surface area contributed by atoms with Gasteiger partial charge in [-0.25, -0.2) is 14.2 Å². The maximum atomic E-state index is 12.5. The molecule has 0 unspecified atom stereocenters. The minimum atomic E-state index is -0.206. The highest BCUT2D eigenvalue weighted by atomic mass is 16.5. The summed E-state index contributed by atoms with van der Waals surface area (Å²) in [4.78, 5) is 16.6. The van der Waals surface area contributed by atoms with Crippen LogP contribution in [0.1, 0.15) is 11.1 Å². The first-order valence-corrected chi connectivity index (χ1v) is 10.3. The van der Waals surface area contributed by atoms with Crippen LogP contribution in [-0.4, -0.2) is 47.2 Å². The molecule has 0 fully saturated rings. The van der Waals surface area contributed by atoms with Crippen molar-refractivity contribution in [1.82, 2.24) is 34.2 Å². The number of hydrogen-bond acceptors (Lipinski definition) is 7. The van der Waals surface area contributed by atoms with Crippen molar-refractivity contribution < 1.29 is 9.53 Å². The molecule has 0 aliphatic rings. The molecule has 5 rings (SSSR count). The summed E-state index contributed by atoms with van der Waals surface area (Å²) in [6.07, 6.45) is 12.0. The third kappa shape index (κ3) is 3.95. The molecule has 34 heavy (non-hydrogen) atoms. The van der Waals surface area contributed by atoms with Crippen molar-refractivity contribution in [2.45, 2.75) is 6.42 Å². The Kier molecular flexibility index (Phi) is 5.23. The van der Waals surface area contributed by atoms with Crippen LogP contribution in [0, 0.1) is 11.3 Å². The second-order valence-electron chi connectivity index (χ2n) is 7.59. The van der Waals surface area contributed by atoms with E-state index in [0.29, 0.717) is 28.3 Å². The summed E-state index contributed by atoms with van der Waals surface area (Å²) in [5.74, 6) is 0.282. The molecular weight excluding hydrogens is 434 g/mol. The summed E-state index contributed by atoms with van der Waals surface area (Å²) < 4.78 is 10.0. The highest BCUT2D eigenvalue weighted by molar-refractivity contribution is 5.92. The van der Waals surface area contributed by atoms with E-state index in [1.54, 1.807) is 50.8 Å². The van der Waals surface area contributed by atoms with Gasteiger partial charge < -0.3 is 10.1 Å². The Morgan fingerprint density at radius 1 is 1.09 bits per heavy atom. The van der Waals surface area contributed by atoms with Gasteiger partial charge >= 0.3 is 0 Å². The average molecular weight is 453 g/mol. The predicted octanol–water partition coefficient (Wildman–Crippen LogP) is 2.38. The lowest BCUT2D eigenvalue weighted by Gasteiger charge is -2.08. The Labute approximate surface area is 193 Å². The first kappa shape index (κ1) is 20.9. The van der Waals surface area contributed by atoms with Gasteiger partial charge in [-0.15, -0.1) is 0 Å². The maximum Gasteiger partial charge on any atom is 0.228 e. The third-order valence-electron chi connectivity index (χ3n) is 5.23. The molecule has 5 heterocycles. The number of nitriles is 1. The van der Waals surface area contributed by atoms with E-state index < -0.39 is 0 Å². The van der Waals surface area contributed by atoms with Crippen LogP contribution in [0.25, 0.3) is 22.3 Å². The quantitative estimate of drug-likeness (QED) is 0.418. The lowest BCUT2D eigenvalue weighted by Crippen LogP contribution is -2.14. The lowest BCUT2D eigenvalue weighted by atomic mass is 10.1. The number of carbonyl (C=O) groups excluding carboxylic acids is 1. The molecule has 5 aromatic heterocycles. The number of anilines is 1. The Morgan fingerprint density at radius 3 is 2.68 bits per heavy atom. The number of ether oxygens (including phenoxy) is 1. The van der Waals surface area contributed by atoms with Gasteiger partial charge in [0.15, 0.2) is 0 Å². The number of pyridine rings is 2. The summed E-state index contributed by atoms with van der Waals surface area (Å²) in [5.41, 5.74) is 4.71. The molecule has 11 nitrogen and oxygen atoms in total. The second-order valence-corrected chi connectivity index (χ2v) is 7.59. The zero-order valence-electron chi connectivity index (χ0n) is 18.4. The van der Waals surface area contributed by atoms with E-state index >= 15 is 0 Å². The van der Waals surface area contributed by atoms with Gasteiger partial charge in [-0.05, 0) is 11.6 Å². The number of nitrogens with one attached hydrogen (secondary N) is 1. The number of methoxy groups -OCH3 is 1. The highest BCUT2D eigenvalue weighted by Crippen LogP contribution is 2.27. The molecule has 0 radical (unpaired) electrons. The van der Waals surface area contributed by atoms with Gasteiger partial charge in [0.2, 0.25) is 11.8 Å². The molecule has 0 bridgehead atoms. The molecule has 168 valence electrons. The molecule has 0 aliphatic heterocycles. The Morgan fingerprint density at radius 2 is 1.97 bits per heavy atom. The van der Waals surface area contributed by atoms with Gasteiger partial charge in [0.05, 0.1) is 55.3 Å². The number of carbonyl (C=O) groups is 1. The van der Waals surface area contributed by atoms with Crippen molar-refractivity contribution in [3.63, 3.8) is 0 Å². The highest BCUT2D eigenvalue weighted by Gasteiger charge is 2.16. The van der Waals surface area contributed by atoms with Crippen molar-refractivity contribution in [3.8, 4) is 28.8 Å². The average Bonchev–Trinajstić information content (AvgIpc) is 3.58. The van der Waals surface area contributed by atoms with Crippen LogP contribution in [0.2, 0.25) is 0 Å².